The first-order valence-electron chi connectivity index (χ1n) is 7.98. The highest BCUT2D eigenvalue weighted by atomic mass is 16.5. The van der Waals surface area contributed by atoms with Gasteiger partial charge < -0.3 is 4.74 Å². The Kier molecular flexibility index (Phi) is 8.97. The van der Waals surface area contributed by atoms with Gasteiger partial charge in [-0.3, -0.25) is 4.79 Å². The highest BCUT2D eigenvalue weighted by Crippen LogP contribution is 2.28. The van der Waals surface area contributed by atoms with E-state index in [1.165, 1.54) is 64.2 Å². The van der Waals surface area contributed by atoms with Crippen molar-refractivity contribution in [3.05, 3.63) is 0 Å². The summed E-state index contributed by atoms with van der Waals surface area (Å²) in [6, 6.07) is 0. The SMILES string of the molecule is CCCCCCCCCCCC(=O)OCC1CC1. The van der Waals surface area contributed by atoms with Gasteiger partial charge in [0.05, 0.1) is 6.61 Å². The molecule has 2 nitrogen and oxygen atoms in total. The number of carbonyl (C=O) groups is 1. The lowest BCUT2D eigenvalue weighted by atomic mass is 10.1. The van der Waals surface area contributed by atoms with Crippen molar-refractivity contribution in [1.82, 2.24) is 0 Å². The molecule has 0 aromatic heterocycles. The molecule has 1 aliphatic carbocycles. The average molecular weight is 254 g/mol. The van der Waals surface area contributed by atoms with E-state index in [4.69, 9.17) is 4.74 Å². The van der Waals surface area contributed by atoms with E-state index >= 15 is 0 Å². The molecule has 0 N–H and O–H groups in total. The third kappa shape index (κ3) is 9.49. The Hall–Kier alpha value is -0.530. The van der Waals surface area contributed by atoms with Gasteiger partial charge in [0.25, 0.3) is 0 Å². The number of unbranched alkanes of at least 4 members (excludes halogenated alkanes) is 8. The van der Waals surface area contributed by atoms with Crippen LogP contribution in [0.15, 0.2) is 0 Å². The van der Waals surface area contributed by atoms with Crippen LogP contribution in [0.1, 0.15) is 84.0 Å². The van der Waals surface area contributed by atoms with Crippen LogP contribution in [0.25, 0.3) is 0 Å². The van der Waals surface area contributed by atoms with E-state index in [9.17, 15) is 4.79 Å². The van der Waals surface area contributed by atoms with E-state index in [-0.39, 0.29) is 5.97 Å². The zero-order valence-electron chi connectivity index (χ0n) is 12.1. The average Bonchev–Trinajstić information content (AvgIpc) is 3.18. The van der Waals surface area contributed by atoms with Gasteiger partial charge in [-0.15, -0.1) is 0 Å². The fourth-order valence-electron chi connectivity index (χ4n) is 2.15. The lowest BCUT2D eigenvalue weighted by molar-refractivity contribution is -0.144. The summed E-state index contributed by atoms with van der Waals surface area (Å²) in [4.78, 5) is 11.4. The van der Waals surface area contributed by atoms with Crippen LogP contribution in [0.4, 0.5) is 0 Å². The van der Waals surface area contributed by atoms with Gasteiger partial charge >= 0.3 is 5.97 Å². The summed E-state index contributed by atoms with van der Waals surface area (Å²) in [5.41, 5.74) is 0. The third-order valence-corrected chi connectivity index (χ3v) is 3.66. The Balaban J connectivity index is 1.73. The van der Waals surface area contributed by atoms with Crippen molar-refractivity contribution in [2.75, 3.05) is 6.61 Å². The summed E-state index contributed by atoms with van der Waals surface area (Å²) in [6.07, 6.45) is 14.8. The molecule has 0 amide bonds. The normalized spacial score (nSPS) is 14.7. The lowest BCUT2D eigenvalue weighted by Crippen LogP contribution is -2.06. The van der Waals surface area contributed by atoms with E-state index in [0.29, 0.717) is 18.9 Å². The van der Waals surface area contributed by atoms with Crippen LogP contribution in [-0.2, 0) is 9.53 Å². The maximum absolute atomic E-state index is 11.4. The Bertz CT molecular complexity index is 209. The molecule has 1 saturated carbocycles. The Morgan fingerprint density at radius 2 is 1.50 bits per heavy atom. The molecule has 1 fully saturated rings. The van der Waals surface area contributed by atoms with Crippen LogP contribution >= 0.6 is 0 Å². The van der Waals surface area contributed by atoms with Gasteiger partial charge in [0.1, 0.15) is 0 Å². The van der Waals surface area contributed by atoms with Gasteiger partial charge in [0.15, 0.2) is 0 Å². The Labute approximate surface area is 112 Å². The molecule has 0 atom stereocenters. The minimum atomic E-state index is 0.0184. The van der Waals surface area contributed by atoms with Gasteiger partial charge in [0.2, 0.25) is 0 Å². The molecule has 0 spiro atoms. The van der Waals surface area contributed by atoms with Crippen molar-refractivity contribution in [2.45, 2.75) is 84.0 Å². The molecule has 1 aliphatic rings. The smallest absolute Gasteiger partial charge is 0.305 e. The van der Waals surface area contributed by atoms with E-state index in [2.05, 4.69) is 6.92 Å². The van der Waals surface area contributed by atoms with Crippen molar-refractivity contribution in [3.63, 3.8) is 0 Å². The number of carbonyl (C=O) groups excluding carboxylic acids is 1. The summed E-state index contributed by atoms with van der Waals surface area (Å²) in [7, 11) is 0. The minimum Gasteiger partial charge on any atom is -0.465 e. The Morgan fingerprint density at radius 3 is 2.06 bits per heavy atom. The molecule has 0 aliphatic heterocycles. The second-order valence-corrected chi connectivity index (χ2v) is 5.70. The maximum atomic E-state index is 11.4. The number of esters is 1. The molecule has 18 heavy (non-hydrogen) atoms. The molecule has 0 radical (unpaired) electrons. The van der Waals surface area contributed by atoms with Crippen LogP contribution in [-0.4, -0.2) is 12.6 Å². The van der Waals surface area contributed by atoms with Crippen LogP contribution < -0.4 is 0 Å². The standard InChI is InChI=1S/C16H30O2/c1-2-3-4-5-6-7-8-9-10-11-16(17)18-14-15-12-13-15/h15H,2-14H2,1H3. The molecule has 1 rings (SSSR count). The first-order valence-corrected chi connectivity index (χ1v) is 7.98. The van der Waals surface area contributed by atoms with Gasteiger partial charge in [-0.25, -0.2) is 0 Å². The molecule has 106 valence electrons. The Morgan fingerprint density at radius 1 is 0.944 bits per heavy atom. The number of hydrogen-bond donors (Lipinski definition) is 0. The van der Waals surface area contributed by atoms with E-state index < -0.39 is 0 Å². The molecular formula is C16H30O2. The first-order chi connectivity index (χ1) is 8.83. The molecule has 0 unspecified atom stereocenters. The van der Waals surface area contributed by atoms with Crippen molar-refractivity contribution < 1.29 is 9.53 Å². The second-order valence-electron chi connectivity index (χ2n) is 5.70. The molecule has 0 heterocycles. The fourth-order valence-corrected chi connectivity index (χ4v) is 2.15. The van der Waals surface area contributed by atoms with Crippen molar-refractivity contribution >= 4 is 5.97 Å². The summed E-state index contributed by atoms with van der Waals surface area (Å²) in [6.45, 7) is 2.93. The molecule has 0 saturated heterocycles. The number of ether oxygens (including phenoxy) is 1. The highest BCUT2D eigenvalue weighted by molar-refractivity contribution is 5.69. The van der Waals surface area contributed by atoms with Gasteiger partial charge in [0, 0.05) is 6.42 Å². The van der Waals surface area contributed by atoms with Crippen molar-refractivity contribution in [2.24, 2.45) is 5.92 Å². The van der Waals surface area contributed by atoms with Crippen LogP contribution in [0.5, 0.6) is 0 Å². The topological polar surface area (TPSA) is 26.3 Å². The van der Waals surface area contributed by atoms with Crippen molar-refractivity contribution in [1.29, 1.82) is 0 Å². The predicted octanol–water partition coefficient (Wildman–Crippen LogP) is 4.86. The monoisotopic (exact) mass is 254 g/mol. The quantitative estimate of drug-likeness (QED) is 0.367. The minimum absolute atomic E-state index is 0.0184. The molecular weight excluding hydrogens is 224 g/mol. The fraction of sp³-hybridized carbons (Fsp3) is 0.938. The molecule has 0 aromatic rings. The summed E-state index contributed by atoms with van der Waals surface area (Å²) in [5, 5.41) is 0. The van der Waals surface area contributed by atoms with Crippen LogP contribution in [0.3, 0.4) is 0 Å². The number of hydrogen-bond acceptors (Lipinski definition) is 2. The predicted molar refractivity (Wildman–Crippen MR) is 75.5 cm³/mol. The maximum Gasteiger partial charge on any atom is 0.305 e. The summed E-state index contributed by atoms with van der Waals surface area (Å²) >= 11 is 0. The van der Waals surface area contributed by atoms with Crippen LogP contribution in [0.2, 0.25) is 0 Å². The summed E-state index contributed by atoms with van der Waals surface area (Å²) < 4.78 is 5.20. The van der Waals surface area contributed by atoms with Gasteiger partial charge in [-0.2, -0.15) is 0 Å². The van der Waals surface area contributed by atoms with Crippen LogP contribution in [0, 0.1) is 5.92 Å². The van der Waals surface area contributed by atoms with E-state index in [1.54, 1.807) is 0 Å². The molecule has 2 heteroatoms. The zero-order valence-corrected chi connectivity index (χ0v) is 12.1. The molecule has 0 aromatic carbocycles. The first kappa shape index (κ1) is 15.5. The lowest BCUT2D eigenvalue weighted by Gasteiger charge is -2.04. The van der Waals surface area contributed by atoms with Gasteiger partial charge in [-0.05, 0) is 25.2 Å². The van der Waals surface area contributed by atoms with Crippen molar-refractivity contribution in [3.8, 4) is 0 Å². The largest absolute Gasteiger partial charge is 0.465 e. The van der Waals surface area contributed by atoms with E-state index in [0.717, 1.165) is 6.42 Å². The second kappa shape index (κ2) is 10.4. The van der Waals surface area contributed by atoms with E-state index in [1.807, 2.05) is 0 Å². The molecule has 0 bridgehead atoms. The third-order valence-electron chi connectivity index (χ3n) is 3.66. The number of rotatable bonds is 12. The van der Waals surface area contributed by atoms with Gasteiger partial charge in [-0.1, -0.05) is 58.3 Å². The zero-order chi connectivity index (χ0) is 13.1. The highest BCUT2D eigenvalue weighted by Gasteiger charge is 2.22. The summed E-state index contributed by atoms with van der Waals surface area (Å²) in [5.74, 6) is 0.710.